The number of nitrogens with zero attached hydrogens (tertiary/aromatic N) is 1. The molecule has 0 radical (unpaired) electrons. The Labute approximate surface area is 98.7 Å². The molecule has 0 aromatic rings. The van der Waals surface area contributed by atoms with Crippen LogP contribution in [-0.4, -0.2) is 22.9 Å². The predicted molar refractivity (Wildman–Crippen MR) is 66.7 cm³/mol. The molecule has 1 rings (SSSR count). The Morgan fingerprint density at radius 2 is 1.88 bits per heavy atom. The van der Waals surface area contributed by atoms with Crippen molar-refractivity contribution in [2.75, 3.05) is 6.54 Å². The molecule has 3 nitrogen and oxygen atoms in total. The van der Waals surface area contributed by atoms with E-state index in [0.717, 1.165) is 13.0 Å². The van der Waals surface area contributed by atoms with Crippen LogP contribution in [0.5, 0.6) is 0 Å². The molecule has 0 saturated carbocycles. The zero-order valence-electron chi connectivity index (χ0n) is 11.1. The monoisotopic (exact) mass is 224 g/mol. The van der Waals surface area contributed by atoms with Gasteiger partial charge in [0.2, 0.25) is 0 Å². The van der Waals surface area contributed by atoms with Gasteiger partial charge in [-0.05, 0) is 31.6 Å². The Morgan fingerprint density at radius 1 is 1.38 bits per heavy atom. The summed E-state index contributed by atoms with van der Waals surface area (Å²) in [4.78, 5) is 13.3. The number of likely N-dealkylation sites (tertiary alicyclic amines) is 1. The lowest BCUT2D eigenvalue weighted by molar-refractivity contribution is -0.119. The number of rotatable bonds is 2. The van der Waals surface area contributed by atoms with Crippen molar-refractivity contribution in [3.05, 3.63) is 12.3 Å². The van der Waals surface area contributed by atoms with Crippen LogP contribution in [-0.2, 0) is 4.79 Å². The molecule has 3 heteroatoms. The standard InChI is InChI=1S/C13H24N2O/c1-9-7-8-15(10(2)11(14)16)13(5,6)12(9,3)4/h9H,2,7-8H2,1,3-6H3,(H2,14,16). The Hall–Kier alpha value is -0.990. The van der Waals surface area contributed by atoms with E-state index in [-0.39, 0.29) is 11.0 Å². The van der Waals surface area contributed by atoms with E-state index in [1.54, 1.807) is 0 Å². The molecule has 1 heterocycles. The summed E-state index contributed by atoms with van der Waals surface area (Å²) < 4.78 is 0. The molecule has 92 valence electrons. The topological polar surface area (TPSA) is 46.3 Å². The first-order chi connectivity index (χ1) is 7.12. The lowest BCUT2D eigenvalue weighted by atomic mass is 9.62. The summed E-state index contributed by atoms with van der Waals surface area (Å²) >= 11 is 0. The van der Waals surface area contributed by atoms with Crippen LogP contribution < -0.4 is 5.73 Å². The third kappa shape index (κ3) is 1.72. The van der Waals surface area contributed by atoms with Crippen molar-refractivity contribution in [3.8, 4) is 0 Å². The van der Waals surface area contributed by atoms with Crippen LogP contribution in [0.3, 0.4) is 0 Å². The predicted octanol–water partition coefficient (Wildman–Crippen LogP) is 2.13. The Kier molecular flexibility index (Phi) is 3.10. The number of hydrogen-bond donors (Lipinski definition) is 1. The second-order valence-corrected chi connectivity index (χ2v) is 5.93. The number of hydrogen-bond acceptors (Lipinski definition) is 2. The molecule has 2 N–H and O–H groups in total. The zero-order chi connectivity index (χ0) is 12.7. The molecule has 0 aliphatic carbocycles. The van der Waals surface area contributed by atoms with E-state index in [1.807, 2.05) is 0 Å². The highest BCUT2D eigenvalue weighted by Gasteiger charge is 2.49. The van der Waals surface area contributed by atoms with Crippen molar-refractivity contribution in [1.82, 2.24) is 4.90 Å². The fraction of sp³-hybridized carbons (Fsp3) is 0.769. The maximum Gasteiger partial charge on any atom is 0.264 e. The van der Waals surface area contributed by atoms with Gasteiger partial charge in [0.05, 0.1) is 5.70 Å². The second kappa shape index (κ2) is 3.79. The van der Waals surface area contributed by atoms with Crippen molar-refractivity contribution in [3.63, 3.8) is 0 Å². The van der Waals surface area contributed by atoms with Crippen molar-refractivity contribution < 1.29 is 4.79 Å². The lowest BCUT2D eigenvalue weighted by Crippen LogP contribution is -2.61. The zero-order valence-corrected chi connectivity index (χ0v) is 11.1. The molecule has 0 aromatic heterocycles. The van der Waals surface area contributed by atoms with E-state index in [0.29, 0.717) is 11.6 Å². The van der Waals surface area contributed by atoms with Crippen molar-refractivity contribution in [1.29, 1.82) is 0 Å². The van der Waals surface area contributed by atoms with E-state index in [4.69, 9.17) is 5.73 Å². The Morgan fingerprint density at radius 3 is 2.31 bits per heavy atom. The summed E-state index contributed by atoms with van der Waals surface area (Å²) in [6.45, 7) is 15.8. The van der Waals surface area contributed by atoms with Gasteiger partial charge < -0.3 is 10.6 Å². The largest absolute Gasteiger partial charge is 0.364 e. The first-order valence-corrected chi connectivity index (χ1v) is 5.88. The summed E-state index contributed by atoms with van der Waals surface area (Å²) in [5.74, 6) is 0.206. The van der Waals surface area contributed by atoms with E-state index in [2.05, 4.69) is 46.1 Å². The molecule has 0 aromatic carbocycles. The molecule has 1 atom stereocenters. The van der Waals surface area contributed by atoms with Gasteiger partial charge in [-0.3, -0.25) is 4.79 Å². The van der Waals surface area contributed by atoms with Crippen LogP contribution in [0, 0.1) is 11.3 Å². The van der Waals surface area contributed by atoms with Gasteiger partial charge in [-0.1, -0.05) is 27.4 Å². The van der Waals surface area contributed by atoms with Crippen LogP contribution in [0.25, 0.3) is 0 Å². The molecular formula is C13H24N2O. The van der Waals surface area contributed by atoms with Crippen LogP contribution in [0.2, 0.25) is 0 Å². The number of carbonyl (C=O) groups excluding carboxylic acids is 1. The third-order valence-corrected chi connectivity index (χ3v) is 4.88. The fourth-order valence-corrected chi connectivity index (χ4v) is 2.52. The fourth-order valence-electron chi connectivity index (χ4n) is 2.52. The molecule has 1 unspecified atom stereocenters. The first kappa shape index (κ1) is 13.1. The summed E-state index contributed by atoms with van der Waals surface area (Å²) in [6, 6.07) is 0. The minimum Gasteiger partial charge on any atom is -0.364 e. The van der Waals surface area contributed by atoms with E-state index < -0.39 is 5.91 Å². The van der Waals surface area contributed by atoms with Gasteiger partial charge in [0.25, 0.3) is 5.91 Å². The summed E-state index contributed by atoms with van der Waals surface area (Å²) in [6.07, 6.45) is 1.07. The highest BCUT2D eigenvalue weighted by molar-refractivity contribution is 5.90. The number of piperidine rings is 1. The number of primary amides is 1. The third-order valence-electron chi connectivity index (χ3n) is 4.88. The minimum absolute atomic E-state index is 0.100. The maximum atomic E-state index is 11.3. The molecule has 0 bridgehead atoms. The highest BCUT2D eigenvalue weighted by atomic mass is 16.1. The molecule has 1 aliphatic heterocycles. The van der Waals surface area contributed by atoms with Gasteiger partial charge in [0.1, 0.15) is 0 Å². The molecular weight excluding hydrogens is 200 g/mol. The molecule has 1 saturated heterocycles. The normalized spacial score (nSPS) is 27.6. The van der Waals surface area contributed by atoms with Gasteiger partial charge in [-0.15, -0.1) is 0 Å². The summed E-state index contributed by atoms with van der Waals surface area (Å²) in [5.41, 5.74) is 5.79. The van der Waals surface area contributed by atoms with Crippen LogP contribution in [0.15, 0.2) is 12.3 Å². The van der Waals surface area contributed by atoms with Gasteiger partial charge in [0, 0.05) is 12.1 Å². The highest BCUT2D eigenvalue weighted by Crippen LogP contribution is 2.47. The molecule has 1 fully saturated rings. The van der Waals surface area contributed by atoms with Crippen molar-refractivity contribution >= 4 is 5.91 Å². The van der Waals surface area contributed by atoms with E-state index in [9.17, 15) is 4.79 Å². The first-order valence-electron chi connectivity index (χ1n) is 5.88. The van der Waals surface area contributed by atoms with Gasteiger partial charge in [0.15, 0.2) is 0 Å². The van der Waals surface area contributed by atoms with Crippen LogP contribution in [0.1, 0.15) is 41.0 Å². The minimum atomic E-state index is -0.418. The average Bonchev–Trinajstić information content (AvgIpc) is 2.14. The van der Waals surface area contributed by atoms with Crippen LogP contribution in [0.4, 0.5) is 0 Å². The Bertz CT molecular complexity index is 318. The van der Waals surface area contributed by atoms with Crippen molar-refractivity contribution in [2.24, 2.45) is 17.1 Å². The Balaban J connectivity index is 3.07. The lowest BCUT2D eigenvalue weighted by Gasteiger charge is -2.57. The maximum absolute atomic E-state index is 11.3. The average molecular weight is 224 g/mol. The second-order valence-electron chi connectivity index (χ2n) is 5.93. The van der Waals surface area contributed by atoms with Crippen LogP contribution >= 0.6 is 0 Å². The van der Waals surface area contributed by atoms with Gasteiger partial charge in [-0.2, -0.15) is 0 Å². The molecule has 1 aliphatic rings. The van der Waals surface area contributed by atoms with Gasteiger partial charge in [-0.25, -0.2) is 0 Å². The van der Waals surface area contributed by atoms with E-state index in [1.165, 1.54) is 0 Å². The number of carbonyl (C=O) groups is 1. The summed E-state index contributed by atoms with van der Waals surface area (Å²) in [7, 11) is 0. The number of nitrogens with two attached hydrogens (primary N) is 1. The number of amides is 1. The summed E-state index contributed by atoms with van der Waals surface area (Å²) in [5, 5.41) is 0. The smallest absolute Gasteiger partial charge is 0.264 e. The van der Waals surface area contributed by atoms with Gasteiger partial charge >= 0.3 is 0 Å². The van der Waals surface area contributed by atoms with E-state index >= 15 is 0 Å². The van der Waals surface area contributed by atoms with Crippen molar-refractivity contribution in [2.45, 2.75) is 46.6 Å². The SMILES string of the molecule is C=C(C(N)=O)N1CCC(C)C(C)(C)C1(C)C. The quantitative estimate of drug-likeness (QED) is 0.730. The molecule has 1 amide bonds. The molecule has 16 heavy (non-hydrogen) atoms. The molecule has 0 spiro atoms.